The molecule has 0 unspecified atom stereocenters. The number of rotatable bonds is 5. The van der Waals surface area contributed by atoms with Gasteiger partial charge in [-0.2, -0.15) is 0 Å². The number of methoxy groups -OCH3 is 3. The van der Waals surface area contributed by atoms with Gasteiger partial charge in [0.2, 0.25) is 0 Å². The molecule has 0 saturated heterocycles. The Morgan fingerprint density at radius 2 is 1.58 bits per heavy atom. The Hall–Kier alpha value is -2.67. The number of benzene rings is 2. The topological polar surface area (TPSA) is 87.8 Å². The van der Waals surface area contributed by atoms with E-state index in [-0.39, 0.29) is 0 Å². The van der Waals surface area contributed by atoms with Crippen molar-refractivity contribution in [3.05, 3.63) is 47.5 Å². The van der Waals surface area contributed by atoms with Crippen LogP contribution in [0.3, 0.4) is 0 Å². The van der Waals surface area contributed by atoms with Crippen molar-refractivity contribution in [3.8, 4) is 5.75 Å². The molecular formula is C17H17NO5S. The molecule has 2 N–H and O–H groups in total. The normalized spacial score (nSPS) is 10.1. The standard InChI is InChI=1S/C17H17NO5S/c1-21-11-5-7-14(12(9-11)17(20)23-3)24-15-6-4-10(8-13(15)18)16(19)22-2/h4-9H,18H2,1-3H3. The second kappa shape index (κ2) is 7.74. The molecule has 0 saturated carbocycles. The van der Waals surface area contributed by atoms with E-state index in [0.717, 1.165) is 0 Å². The summed E-state index contributed by atoms with van der Waals surface area (Å²) in [5.74, 6) is -0.382. The van der Waals surface area contributed by atoms with E-state index in [1.807, 2.05) is 0 Å². The Kier molecular flexibility index (Phi) is 5.70. The van der Waals surface area contributed by atoms with Crippen LogP contribution in [0, 0.1) is 0 Å². The molecule has 6 nitrogen and oxygen atoms in total. The zero-order valence-corrected chi connectivity index (χ0v) is 14.3. The summed E-state index contributed by atoms with van der Waals surface area (Å²) in [6, 6.07) is 9.96. The van der Waals surface area contributed by atoms with Crippen LogP contribution in [0.5, 0.6) is 5.75 Å². The lowest BCUT2D eigenvalue weighted by atomic mass is 10.2. The molecule has 0 amide bonds. The number of esters is 2. The van der Waals surface area contributed by atoms with Gasteiger partial charge in [0, 0.05) is 15.5 Å². The van der Waals surface area contributed by atoms with Gasteiger partial charge in [-0.3, -0.25) is 0 Å². The van der Waals surface area contributed by atoms with E-state index in [1.54, 1.807) is 30.3 Å². The molecule has 2 aromatic carbocycles. The summed E-state index contributed by atoms with van der Waals surface area (Å²) >= 11 is 1.30. The average molecular weight is 347 g/mol. The van der Waals surface area contributed by atoms with Crippen LogP contribution in [-0.4, -0.2) is 33.3 Å². The van der Waals surface area contributed by atoms with Gasteiger partial charge in [0.25, 0.3) is 0 Å². The minimum Gasteiger partial charge on any atom is -0.497 e. The first-order valence-electron chi connectivity index (χ1n) is 6.92. The number of carbonyl (C=O) groups is 2. The summed E-state index contributed by atoms with van der Waals surface area (Å²) in [6.45, 7) is 0. The molecule has 0 fully saturated rings. The predicted molar refractivity (Wildman–Crippen MR) is 90.7 cm³/mol. The number of hydrogen-bond acceptors (Lipinski definition) is 7. The molecule has 2 aromatic rings. The van der Waals surface area contributed by atoms with Crippen molar-refractivity contribution in [3.63, 3.8) is 0 Å². The number of anilines is 1. The molecule has 0 aliphatic carbocycles. The van der Waals surface area contributed by atoms with Crippen molar-refractivity contribution in [2.45, 2.75) is 9.79 Å². The van der Waals surface area contributed by atoms with E-state index in [2.05, 4.69) is 4.74 Å². The van der Waals surface area contributed by atoms with Gasteiger partial charge < -0.3 is 19.9 Å². The number of nitrogen functional groups attached to an aromatic ring is 1. The first-order chi connectivity index (χ1) is 11.5. The van der Waals surface area contributed by atoms with Gasteiger partial charge in [-0.25, -0.2) is 9.59 Å². The number of hydrogen-bond donors (Lipinski definition) is 1. The Morgan fingerprint density at radius 3 is 2.17 bits per heavy atom. The summed E-state index contributed by atoms with van der Waals surface area (Å²) in [4.78, 5) is 24.9. The van der Waals surface area contributed by atoms with Crippen LogP contribution in [-0.2, 0) is 9.47 Å². The Morgan fingerprint density at radius 1 is 0.917 bits per heavy atom. The third-order valence-corrected chi connectivity index (χ3v) is 4.41. The third-order valence-electron chi connectivity index (χ3n) is 3.24. The zero-order chi connectivity index (χ0) is 17.7. The van der Waals surface area contributed by atoms with Crippen LogP contribution >= 0.6 is 11.8 Å². The maximum Gasteiger partial charge on any atom is 0.339 e. The molecule has 2 rings (SSSR count). The number of nitrogens with two attached hydrogens (primary N) is 1. The molecule has 0 radical (unpaired) electrons. The lowest BCUT2D eigenvalue weighted by Gasteiger charge is -2.11. The summed E-state index contributed by atoms with van der Waals surface area (Å²) in [7, 11) is 4.14. The highest BCUT2D eigenvalue weighted by Crippen LogP contribution is 2.36. The van der Waals surface area contributed by atoms with Gasteiger partial charge >= 0.3 is 11.9 Å². The maximum absolute atomic E-state index is 12.0. The Balaban J connectivity index is 2.37. The fourth-order valence-corrected chi connectivity index (χ4v) is 2.94. The van der Waals surface area contributed by atoms with Gasteiger partial charge in [-0.15, -0.1) is 0 Å². The first kappa shape index (κ1) is 17.7. The van der Waals surface area contributed by atoms with Crippen molar-refractivity contribution in [1.29, 1.82) is 0 Å². The molecular weight excluding hydrogens is 330 g/mol. The Bertz CT molecular complexity index is 776. The minimum atomic E-state index is -0.471. The minimum absolute atomic E-state index is 0.363. The first-order valence-corrected chi connectivity index (χ1v) is 7.73. The highest BCUT2D eigenvalue weighted by atomic mass is 32.2. The summed E-state index contributed by atoms with van der Waals surface area (Å²) in [5.41, 5.74) is 7.16. The summed E-state index contributed by atoms with van der Waals surface area (Å²) < 4.78 is 14.6. The smallest absolute Gasteiger partial charge is 0.339 e. The van der Waals surface area contributed by atoms with E-state index >= 15 is 0 Å². The molecule has 24 heavy (non-hydrogen) atoms. The largest absolute Gasteiger partial charge is 0.497 e. The van der Waals surface area contributed by atoms with Gasteiger partial charge in [0.05, 0.1) is 32.5 Å². The maximum atomic E-state index is 12.0. The van der Waals surface area contributed by atoms with Crippen LogP contribution < -0.4 is 10.5 Å². The van der Waals surface area contributed by atoms with E-state index < -0.39 is 11.9 Å². The number of carbonyl (C=O) groups excluding carboxylic acids is 2. The highest BCUT2D eigenvalue weighted by molar-refractivity contribution is 7.99. The van der Waals surface area contributed by atoms with Crippen molar-refractivity contribution < 1.29 is 23.8 Å². The Labute approximate surface area is 143 Å². The lowest BCUT2D eigenvalue weighted by molar-refractivity contribution is 0.0589. The van der Waals surface area contributed by atoms with Crippen molar-refractivity contribution in [1.82, 2.24) is 0 Å². The monoisotopic (exact) mass is 347 g/mol. The molecule has 0 bridgehead atoms. The fourth-order valence-electron chi connectivity index (χ4n) is 2.00. The van der Waals surface area contributed by atoms with E-state index in [9.17, 15) is 9.59 Å². The van der Waals surface area contributed by atoms with Crippen LogP contribution in [0.25, 0.3) is 0 Å². The van der Waals surface area contributed by atoms with Crippen LogP contribution in [0.4, 0.5) is 5.69 Å². The van der Waals surface area contributed by atoms with Gasteiger partial charge in [-0.1, -0.05) is 11.8 Å². The van der Waals surface area contributed by atoms with Crippen molar-refractivity contribution in [2.75, 3.05) is 27.1 Å². The molecule has 0 heterocycles. The van der Waals surface area contributed by atoms with Gasteiger partial charge in [0.1, 0.15) is 5.75 Å². The quantitative estimate of drug-likeness (QED) is 0.657. The number of ether oxygens (including phenoxy) is 3. The summed E-state index contributed by atoms with van der Waals surface area (Å²) in [5, 5.41) is 0. The van der Waals surface area contributed by atoms with Crippen LogP contribution in [0.2, 0.25) is 0 Å². The molecule has 7 heteroatoms. The molecule has 0 atom stereocenters. The molecule has 126 valence electrons. The van der Waals surface area contributed by atoms with Crippen LogP contribution in [0.15, 0.2) is 46.2 Å². The molecule has 0 aromatic heterocycles. The van der Waals surface area contributed by atoms with Gasteiger partial charge in [0.15, 0.2) is 0 Å². The molecule has 0 spiro atoms. The second-order valence-corrected chi connectivity index (χ2v) is 5.78. The van der Waals surface area contributed by atoms with E-state index in [4.69, 9.17) is 15.2 Å². The highest BCUT2D eigenvalue weighted by Gasteiger charge is 2.16. The molecule has 0 aliphatic rings. The van der Waals surface area contributed by atoms with Gasteiger partial charge in [-0.05, 0) is 36.4 Å². The van der Waals surface area contributed by atoms with E-state index in [1.165, 1.54) is 39.2 Å². The summed E-state index contributed by atoms with van der Waals surface area (Å²) in [6.07, 6.45) is 0. The van der Waals surface area contributed by atoms with Crippen molar-refractivity contribution >= 4 is 29.4 Å². The predicted octanol–water partition coefficient (Wildman–Crippen LogP) is 3.00. The SMILES string of the molecule is COC(=O)c1ccc(Sc2ccc(OC)cc2C(=O)OC)c(N)c1. The fraction of sp³-hybridized carbons (Fsp3) is 0.176. The lowest BCUT2D eigenvalue weighted by Crippen LogP contribution is -2.04. The van der Waals surface area contributed by atoms with Crippen LogP contribution in [0.1, 0.15) is 20.7 Å². The molecule has 0 aliphatic heterocycles. The second-order valence-electron chi connectivity index (χ2n) is 4.70. The van der Waals surface area contributed by atoms with Crippen molar-refractivity contribution in [2.24, 2.45) is 0 Å². The third kappa shape index (κ3) is 3.80. The van der Waals surface area contributed by atoms with E-state index in [0.29, 0.717) is 32.4 Å². The average Bonchev–Trinajstić information content (AvgIpc) is 2.62. The zero-order valence-electron chi connectivity index (χ0n) is 13.5.